The summed E-state index contributed by atoms with van der Waals surface area (Å²) >= 11 is 0. The number of hydrogen-bond acceptors (Lipinski definition) is 3. The van der Waals surface area contributed by atoms with Crippen LogP contribution in [0, 0.1) is 6.92 Å². The van der Waals surface area contributed by atoms with Gasteiger partial charge in [0.05, 0.1) is 12.4 Å². The standard InChI is InChI=1S/C14H24N4/c1-13-15-7-11-17(13)9-5-3-4-6-10-18-12-8-16-14(18)2/h7,11H,3-6,8-10,12H2,1-2H3. The first-order valence-corrected chi connectivity index (χ1v) is 7.01. The van der Waals surface area contributed by atoms with Crippen molar-refractivity contribution >= 4 is 5.84 Å². The van der Waals surface area contributed by atoms with E-state index in [2.05, 4.69) is 39.5 Å². The van der Waals surface area contributed by atoms with Crippen molar-refractivity contribution in [3.8, 4) is 0 Å². The van der Waals surface area contributed by atoms with Gasteiger partial charge in [-0.15, -0.1) is 0 Å². The van der Waals surface area contributed by atoms with Gasteiger partial charge < -0.3 is 9.47 Å². The average Bonchev–Trinajstić information content (AvgIpc) is 2.94. The Labute approximate surface area is 110 Å². The molecule has 2 heterocycles. The molecule has 2 rings (SSSR count). The van der Waals surface area contributed by atoms with Gasteiger partial charge in [-0.1, -0.05) is 12.8 Å². The lowest BCUT2D eigenvalue weighted by Gasteiger charge is -2.17. The number of hydrogen-bond donors (Lipinski definition) is 0. The van der Waals surface area contributed by atoms with Crippen LogP contribution in [0.1, 0.15) is 38.4 Å². The Morgan fingerprint density at radius 1 is 1.11 bits per heavy atom. The van der Waals surface area contributed by atoms with Gasteiger partial charge in [-0.25, -0.2) is 4.98 Å². The highest BCUT2D eigenvalue weighted by Gasteiger charge is 2.10. The first kappa shape index (κ1) is 13.1. The summed E-state index contributed by atoms with van der Waals surface area (Å²) in [6, 6.07) is 0. The summed E-state index contributed by atoms with van der Waals surface area (Å²) in [6.07, 6.45) is 9.11. The Morgan fingerprint density at radius 3 is 2.50 bits per heavy atom. The third kappa shape index (κ3) is 3.59. The van der Waals surface area contributed by atoms with Crippen LogP contribution in [0.2, 0.25) is 0 Å². The normalized spacial score (nSPS) is 15.2. The summed E-state index contributed by atoms with van der Waals surface area (Å²) in [6.45, 7) is 8.59. The second-order valence-corrected chi connectivity index (χ2v) is 5.00. The lowest BCUT2D eigenvalue weighted by Crippen LogP contribution is -2.26. The Morgan fingerprint density at radius 2 is 1.89 bits per heavy atom. The van der Waals surface area contributed by atoms with E-state index in [0.29, 0.717) is 0 Å². The van der Waals surface area contributed by atoms with E-state index in [-0.39, 0.29) is 0 Å². The molecule has 100 valence electrons. The Kier molecular flexibility index (Phi) is 4.79. The minimum atomic E-state index is 0.992. The number of amidine groups is 1. The van der Waals surface area contributed by atoms with Crippen LogP contribution in [-0.4, -0.2) is 39.9 Å². The molecular weight excluding hydrogens is 224 g/mol. The van der Waals surface area contributed by atoms with Gasteiger partial charge in [0.2, 0.25) is 0 Å². The zero-order valence-electron chi connectivity index (χ0n) is 11.6. The van der Waals surface area contributed by atoms with Crippen LogP contribution in [0.25, 0.3) is 0 Å². The van der Waals surface area contributed by atoms with E-state index in [4.69, 9.17) is 0 Å². The van der Waals surface area contributed by atoms with Gasteiger partial charge in [0.25, 0.3) is 0 Å². The number of nitrogens with zero attached hydrogens (tertiary/aromatic N) is 4. The second kappa shape index (κ2) is 6.57. The van der Waals surface area contributed by atoms with Crippen LogP contribution in [0.3, 0.4) is 0 Å². The molecule has 0 amide bonds. The molecule has 4 heteroatoms. The summed E-state index contributed by atoms with van der Waals surface area (Å²) < 4.78 is 2.23. The molecule has 0 aliphatic carbocycles. The van der Waals surface area contributed by atoms with Gasteiger partial charge >= 0.3 is 0 Å². The van der Waals surface area contributed by atoms with E-state index in [1.54, 1.807) is 0 Å². The topological polar surface area (TPSA) is 33.4 Å². The summed E-state index contributed by atoms with van der Waals surface area (Å²) in [5, 5.41) is 0. The summed E-state index contributed by atoms with van der Waals surface area (Å²) in [7, 11) is 0. The van der Waals surface area contributed by atoms with Crippen molar-refractivity contribution in [2.45, 2.75) is 46.1 Å². The van der Waals surface area contributed by atoms with Crippen LogP contribution in [-0.2, 0) is 6.54 Å². The largest absolute Gasteiger partial charge is 0.359 e. The molecular formula is C14H24N4. The predicted molar refractivity (Wildman–Crippen MR) is 75.0 cm³/mol. The molecule has 1 aromatic heterocycles. The molecule has 18 heavy (non-hydrogen) atoms. The predicted octanol–water partition coefficient (Wildman–Crippen LogP) is 2.49. The molecule has 0 spiro atoms. The number of aryl methyl sites for hydroxylation is 2. The number of aliphatic imine (C=N–C) groups is 1. The minimum Gasteiger partial charge on any atom is -0.359 e. The third-order valence-electron chi connectivity index (χ3n) is 3.67. The minimum absolute atomic E-state index is 0.992. The smallest absolute Gasteiger partial charge is 0.105 e. The van der Waals surface area contributed by atoms with Crippen LogP contribution in [0.4, 0.5) is 0 Å². The fourth-order valence-electron chi connectivity index (χ4n) is 2.45. The molecule has 0 unspecified atom stereocenters. The molecule has 1 aliphatic rings. The second-order valence-electron chi connectivity index (χ2n) is 5.00. The quantitative estimate of drug-likeness (QED) is 0.695. The van der Waals surface area contributed by atoms with Crippen molar-refractivity contribution in [1.82, 2.24) is 14.5 Å². The lowest BCUT2D eigenvalue weighted by atomic mass is 10.2. The van der Waals surface area contributed by atoms with Crippen LogP contribution in [0.15, 0.2) is 17.4 Å². The SMILES string of the molecule is CC1=NCCN1CCCCCCn1ccnc1C. The summed E-state index contributed by atoms with van der Waals surface area (Å²) in [5.41, 5.74) is 0. The van der Waals surface area contributed by atoms with E-state index >= 15 is 0 Å². The first-order valence-electron chi connectivity index (χ1n) is 7.01. The van der Waals surface area contributed by atoms with Gasteiger partial charge in [0, 0.05) is 32.0 Å². The zero-order chi connectivity index (χ0) is 12.8. The number of aromatic nitrogens is 2. The average molecular weight is 248 g/mol. The molecule has 1 aromatic rings. The fraction of sp³-hybridized carbons (Fsp3) is 0.714. The van der Waals surface area contributed by atoms with Crippen molar-refractivity contribution in [2.24, 2.45) is 4.99 Å². The van der Waals surface area contributed by atoms with E-state index in [1.807, 2.05) is 6.20 Å². The van der Waals surface area contributed by atoms with Gasteiger partial charge in [-0.3, -0.25) is 4.99 Å². The molecule has 0 aromatic carbocycles. The Bertz CT molecular complexity index is 394. The summed E-state index contributed by atoms with van der Waals surface area (Å²) in [5.74, 6) is 2.35. The number of imidazole rings is 1. The Hall–Kier alpha value is -1.32. The van der Waals surface area contributed by atoms with Crippen molar-refractivity contribution in [3.05, 3.63) is 18.2 Å². The molecule has 0 radical (unpaired) electrons. The van der Waals surface area contributed by atoms with Crippen LogP contribution < -0.4 is 0 Å². The zero-order valence-corrected chi connectivity index (χ0v) is 11.6. The number of unbranched alkanes of at least 4 members (excludes halogenated alkanes) is 3. The van der Waals surface area contributed by atoms with Crippen molar-refractivity contribution in [1.29, 1.82) is 0 Å². The van der Waals surface area contributed by atoms with Gasteiger partial charge in [0.1, 0.15) is 5.82 Å². The molecule has 0 saturated carbocycles. The number of rotatable bonds is 7. The van der Waals surface area contributed by atoms with E-state index < -0.39 is 0 Å². The summed E-state index contributed by atoms with van der Waals surface area (Å²) in [4.78, 5) is 11.0. The fourth-order valence-corrected chi connectivity index (χ4v) is 2.45. The van der Waals surface area contributed by atoms with Crippen molar-refractivity contribution in [3.63, 3.8) is 0 Å². The first-order chi connectivity index (χ1) is 8.77. The van der Waals surface area contributed by atoms with Gasteiger partial charge in [-0.2, -0.15) is 0 Å². The molecule has 0 bridgehead atoms. The monoisotopic (exact) mass is 248 g/mol. The van der Waals surface area contributed by atoms with Gasteiger partial charge in [0.15, 0.2) is 0 Å². The molecule has 1 aliphatic heterocycles. The van der Waals surface area contributed by atoms with Gasteiger partial charge in [-0.05, 0) is 26.7 Å². The van der Waals surface area contributed by atoms with Crippen LogP contribution in [0.5, 0.6) is 0 Å². The maximum atomic E-state index is 4.41. The highest BCUT2D eigenvalue weighted by molar-refractivity contribution is 5.81. The molecule has 0 N–H and O–H groups in total. The van der Waals surface area contributed by atoms with Crippen molar-refractivity contribution in [2.75, 3.05) is 19.6 Å². The van der Waals surface area contributed by atoms with Crippen LogP contribution >= 0.6 is 0 Å². The molecule has 0 atom stereocenters. The Balaban J connectivity index is 1.52. The lowest BCUT2D eigenvalue weighted by molar-refractivity contribution is 0.427. The molecule has 0 fully saturated rings. The molecule has 4 nitrogen and oxygen atoms in total. The third-order valence-corrected chi connectivity index (χ3v) is 3.67. The molecule has 0 saturated heterocycles. The van der Waals surface area contributed by atoms with E-state index in [0.717, 1.165) is 25.5 Å². The maximum Gasteiger partial charge on any atom is 0.105 e. The van der Waals surface area contributed by atoms with Crippen molar-refractivity contribution < 1.29 is 0 Å². The highest BCUT2D eigenvalue weighted by Crippen LogP contribution is 2.07. The maximum absolute atomic E-state index is 4.41. The van der Waals surface area contributed by atoms with E-state index in [1.165, 1.54) is 38.1 Å². The van der Waals surface area contributed by atoms with E-state index in [9.17, 15) is 0 Å². The highest BCUT2D eigenvalue weighted by atomic mass is 15.2.